The molecule has 128 valence electrons. The van der Waals surface area contributed by atoms with Gasteiger partial charge < -0.3 is 14.9 Å². The first-order valence-corrected chi connectivity index (χ1v) is 7.94. The van der Waals surface area contributed by atoms with E-state index >= 15 is 0 Å². The highest BCUT2D eigenvalue weighted by Gasteiger charge is 2.34. The smallest absolute Gasteiger partial charge is 0.201 e. The van der Waals surface area contributed by atoms with E-state index in [0.29, 0.717) is 11.3 Å². The van der Waals surface area contributed by atoms with Crippen molar-refractivity contribution in [3.63, 3.8) is 0 Å². The molecule has 0 amide bonds. The molecule has 2 N–H and O–H groups in total. The Morgan fingerprint density at radius 1 is 0.731 bits per heavy atom. The van der Waals surface area contributed by atoms with Gasteiger partial charge in [0.2, 0.25) is 5.78 Å². The van der Waals surface area contributed by atoms with Gasteiger partial charge in [0, 0.05) is 11.1 Å². The van der Waals surface area contributed by atoms with Gasteiger partial charge in [0.25, 0.3) is 0 Å². The van der Waals surface area contributed by atoms with Crippen LogP contribution in [0.4, 0.5) is 0 Å². The third-order valence-electron chi connectivity index (χ3n) is 4.53. The topological polar surface area (TPSA) is 83.8 Å². The number of phenolic OH excluding ortho intramolecular Hbond substituents is 2. The van der Waals surface area contributed by atoms with Crippen molar-refractivity contribution >= 4 is 11.6 Å². The third kappa shape index (κ3) is 2.25. The number of fused-ring (bicyclic) bond motifs is 2. The lowest BCUT2D eigenvalue weighted by molar-refractivity contribution is 0.0974. The van der Waals surface area contributed by atoms with Gasteiger partial charge in [-0.05, 0) is 41.5 Å². The molecule has 1 aliphatic carbocycles. The number of phenols is 2. The molecule has 0 saturated heterocycles. The summed E-state index contributed by atoms with van der Waals surface area (Å²) in [5, 5.41) is 20.4. The van der Waals surface area contributed by atoms with Crippen molar-refractivity contribution in [1.29, 1.82) is 0 Å². The maximum atomic E-state index is 12.8. The molecule has 0 aliphatic heterocycles. The Bertz CT molecular complexity index is 1060. The number of benzene rings is 3. The number of carbonyl (C=O) groups is 2. The van der Waals surface area contributed by atoms with Gasteiger partial charge in [-0.1, -0.05) is 24.3 Å². The van der Waals surface area contributed by atoms with E-state index in [1.165, 1.54) is 24.3 Å². The molecule has 1 aliphatic rings. The fourth-order valence-electron chi connectivity index (χ4n) is 3.23. The summed E-state index contributed by atoms with van der Waals surface area (Å²) in [7, 11) is 1.57. The van der Waals surface area contributed by atoms with Crippen LogP contribution in [-0.4, -0.2) is 28.9 Å². The molecule has 26 heavy (non-hydrogen) atoms. The van der Waals surface area contributed by atoms with Crippen LogP contribution >= 0.6 is 0 Å². The molecule has 0 heterocycles. The minimum absolute atomic E-state index is 0.0718. The van der Waals surface area contributed by atoms with Crippen molar-refractivity contribution in [1.82, 2.24) is 0 Å². The molecule has 0 aromatic heterocycles. The highest BCUT2D eigenvalue weighted by molar-refractivity contribution is 6.30. The van der Waals surface area contributed by atoms with Gasteiger partial charge in [-0.2, -0.15) is 0 Å². The molecule has 4 rings (SSSR count). The van der Waals surface area contributed by atoms with E-state index in [-0.39, 0.29) is 33.8 Å². The lowest BCUT2D eigenvalue weighted by atomic mass is 9.81. The number of hydrogen-bond acceptors (Lipinski definition) is 5. The third-order valence-corrected chi connectivity index (χ3v) is 4.53. The van der Waals surface area contributed by atoms with Crippen molar-refractivity contribution in [2.24, 2.45) is 0 Å². The minimum Gasteiger partial charge on any atom is -0.507 e. The molecule has 5 nitrogen and oxygen atoms in total. The maximum absolute atomic E-state index is 12.8. The Labute approximate surface area is 149 Å². The average molecular weight is 346 g/mol. The number of ketones is 2. The van der Waals surface area contributed by atoms with E-state index in [1.807, 2.05) is 0 Å². The van der Waals surface area contributed by atoms with Crippen LogP contribution in [0, 0.1) is 0 Å². The minimum atomic E-state index is -0.563. The second kappa shape index (κ2) is 5.74. The highest BCUT2D eigenvalue weighted by atomic mass is 16.5. The normalized spacial score (nSPS) is 12.5. The van der Waals surface area contributed by atoms with Crippen LogP contribution in [0.3, 0.4) is 0 Å². The van der Waals surface area contributed by atoms with E-state index in [1.54, 1.807) is 37.4 Å². The van der Waals surface area contributed by atoms with Crippen LogP contribution in [0.15, 0.2) is 54.6 Å². The highest BCUT2D eigenvalue weighted by Crippen LogP contribution is 2.39. The fourth-order valence-corrected chi connectivity index (χ4v) is 3.23. The molecule has 0 bridgehead atoms. The van der Waals surface area contributed by atoms with Crippen LogP contribution in [0.1, 0.15) is 31.8 Å². The number of rotatable bonds is 2. The molecule has 0 saturated carbocycles. The molecule has 3 aromatic rings. The SMILES string of the molecule is COc1ccc(-c2cc(O)c3c(c2)C(=O)c2cccc(O)c2C3=O)cc1. The summed E-state index contributed by atoms with van der Waals surface area (Å²) in [5.74, 6) is -0.847. The van der Waals surface area contributed by atoms with Crippen LogP contribution in [0.5, 0.6) is 17.2 Å². The standard InChI is InChI=1S/C21H14O5/c1-26-13-7-5-11(6-8-13)12-9-15-19(17(23)10-12)21(25)18-14(20(15)24)3-2-4-16(18)22/h2-10,22-23H,1H3. The van der Waals surface area contributed by atoms with Crippen LogP contribution in [0.2, 0.25) is 0 Å². The molecule has 0 atom stereocenters. The van der Waals surface area contributed by atoms with Gasteiger partial charge >= 0.3 is 0 Å². The molecular weight excluding hydrogens is 332 g/mol. The summed E-state index contributed by atoms with van der Waals surface area (Å²) in [6, 6.07) is 14.5. The van der Waals surface area contributed by atoms with Crippen LogP contribution in [-0.2, 0) is 0 Å². The largest absolute Gasteiger partial charge is 0.507 e. The monoisotopic (exact) mass is 346 g/mol. The number of aromatic hydroxyl groups is 2. The van der Waals surface area contributed by atoms with Crippen molar-refractivity contribution in [2.45, 2.75) is 0 Å². The van der Waals surface area contributed by atoms with E-state index < -0.39 is 11.6 Å². The summed E-state index contributed by atoms with van der Waals surface area (Å²) in [5.41, 5.74) is 1.48. The second-order valence-electron chi connectivity index (χ2n) is 6.00. The summed E-state index contributed by atoms with van der Waals surface area (Å²) in [4.78, 5) is 25.6. The summed E-state index contributed by atoms with van der Waals surface area (Å²) in [6.07, 6.45) is 0. The van der Waals surface area contributed by atoms with Crippen molar-refractivity contribution in [2.75, 3.05) is 7.11 Å². The zero-order valence-electron chi connectivity index (χ0n) is 13.8. The quantitative estimate of drug-likeness (QED) is 0.580. The lowest BCUT2D eigenvalue weighted by Gasteiger charge is -2.20. The molecular formula is C21H14O5. The first-order chi connectivity index (χ1) is 12.5. The molecule has 0 spiro atoms. The van der Waals surface area contributed by atoms with Crippen molar-refractivity contribution in [3.05, 3.63) is 76.9 Å². The molecule has 0 radical (unpaired) electrons. The van der Waals surface area contributed by atoms with Gasteiger partial charge in [-0.25, -0.2) is 0 Å². The number of carbonyl (C=O) groups excluding carboxylic acids is 2. The molecule has 0 fully saturated rings. The predicted molar refractivity (Wildman–Crippen MR) is 95.1 cm³/mol. The summed E-state index contributed by atoms with van der Waals surface area (Å²) in [6.45, 7) is 0. The Morgan fingerprint density at radius 3 is 2.12 bits per heavy atom. The fraction of sp³-hybridized carbons (Fsp3) is 0.0476. The van der Waals surface area contributed by atoms with E-state index in [2.05, 4.69) is 0 Å². The zero-order chi connectivity index (χ0) is 18.4. The first kappa shape index (κ1) is 15.9. The van der Waals surface area contributed by atoms with E-state index in [4.69, 9.17) is 4.74 Å². The van der Waals surface area contributed by atoms with Gasteiger partial charge in [0.15, 0.2) is 5.78 Å². The van der Waals surface area contributed by atoms with Crippen LogP contribution < -0.4 is 4.74 Å². The molecule has 5 heteroatoms. The Kier molecular flexibility index (Phi) is 3.51. The number of ether oxygens (including phenoxy) is 1. The molecule has 0 unspecified atom stereocenters. The van der Waals surface area contributed by atoms with Gasteiger partial charge in [0.05, 0.1) is 18.2 Å². The van der Waals surface area contributed by atoms with E-state index in [9.17, 15) is 19.8 Å². The van der Waals surface area contributed by atoms with E-state index in [0.717, 1.165) is 5.56 Å². The Morgan fingerprint density at radius 2 is 1.42 bits per heavy atom. The number of methoxy groups -OCH3 is 1. The van der Waals surface area contributed by atoms with Crippen LogP contribution in [0.25, 0.3) is 11.1 Å². The van der Waals surface area contributed by atoms with Crippen molar-refractivity contribution < 1.29 is 24.5 Å². The second-order valence-corrected chi connectivity index (χ2v) is 6.00. The molecule has 3 aromatic carbocycles. The summed E-state index contributed by atoms with van der Waals surface area (Å²) < 4.78 is 5.13. The average Bonchev–Trinajstić information content (AvgIpc) is 2.65. The maximum Gasteiger partial charge on any atom is 0.201 e. The van der Waals surface area contributed by atoms with Gasteiger partial charge in [0.1, 0.15) is 17.2 Å². The zero-order valence-corrected chi connectivity index (χ0v) is 13.8. The first-order valence-electron chi connectivity index (χ1n) is 7.94. The predicted octanol–water partition coefficient (Wildman–Crippen LogP) is 3.55. The summed E-state index contributed by atoms with van der Waals surface area (Å²) >= 11 is 0. The van der Waals surface area contributed by atoms with Crippen molar-refractivity contribution in [3.8, 4) is 28.4 Å². The number of hydrogen-bond donors (Lipinski definition) is 2. The van der Waals surface area contributed by atoms with Gasteiger partial charge in [-0.3, -0.25) is 9.59 Å². The Balaban J connectivity index is 1.90. The lowest BCUT2D eigenvalue weighted by Crippen LogP contribution is -2.21. The van der Waals surface area contributed by atoms with Gasteiger partial charge in [-0.15, -0.1) is 0 Å². The Hall–Kier alpha value is -3.60.